The normalized spacial score (nSPS) is 12.6. The molecule has 1 aliphatic carbocycles. The summed E-state index contributed by atoms with van der Waals surface area (Å²) in [6.45, 7) is 0.0198. The molecule has 49 heavy (non-hydrogen) atoms. The number of nitrogens with one attached hydrogen (secondary N) is 1. The van der Waals surface area contributed by atoms with Crippen LogP contribution >= 0.6 is 0 Å². The van der Waals surface area contributed by atoms with Gasteiger partial charge in [0, 0.05) is 18.3 Å². The number of amides is 3. The van der Waals surface area contributed by atoms with E-state index in [0.717, 1.165) is 11.6 Å². The maximum Gasteiger partial charge on any atom is 0.430 e. The lowest BCUT2D eigenvalue weighted by Gasteiger charge is -2.19. The molecule has 246 valence electrons. The van der Waals surface area contributed by atoms with Gasteiger partial charge in [0.2, 0.25) is 5.91 Å². The minimum atomic E-state index is -1.38. The van der Waals surface area contributed by atoms with Gasteiger partial charge in [0.1, 0.15) is 40.8 Å². The van der Waals surface area contributed by atoms with E-state index in [0.29, 0.717) is 4.90 Å². The summed E-state index contributed by atoms with van der Waals surface area (Å²) in [4.78, 5) is 56.9. The van der Waals surface area contributed by atoms with Crippen molar-refractivity contribution < 1.29 is 42.5 Å². The van der Waals surface area contributed by atoms with E-state index in [2.05, 4.69) is 10.3 Å². The molecular weight excluding hydrogens is 633 g/mol. The topological polar surface area (TPSA) is 133 Å². The number of benzene rings is 4. The molecule has 0 spiro atoms. The zero-order valence-electron chi connectivity index (χ0n) is 25.8. The van der Waals surface area contributed by atoms with Crippen molar-refractivity contribution in [2.24, 2.45) is 5.41 Å². The highest BCUT2D eigenvalue weighted by molar-refractivity contribution is 6.11. The van der Waals surface area contributed by atoms with Crippen LogP contribution < -0.4 is 24.4 Å². The SMILES string of the molecule is O=C(Oc1ccccc1)N(C(=O)Oc1ccccc1)c1cc(Oc2ccc(NC(=O)C3(C(=O)OCc4ccccc4)CC3)c(F)c2)ccn1. The quantitative estimate of drug-likeness (QED) is 0.118. The number of carbonyl (C=O) groups is 4. The van der Waals surface area contributed by atoms with Gasteiger partial charge in [0.25, 0.3) is 0 Å². The molecule has 5 aromatic rings. The van der Waals surface area contributed by atoms with Crippen LogP contribution in [0, 0.1) is 11.2 Å². The molecule has 3 amide bonds. The standard InChI is InChI=1S/C37H28FN3O8/c38-30-22-28(16-17-31(30)40-33(42)37(19-20-37)34(43)46-24-25-10-4-1-5-11-25)47-29-18-21-39-32(23-29)41(35(44)48-26-12-6-2-7-13-26)36(45)49-27-14-8-3-9-15-27/h1-18,21-23H,19-20,24H2,(H,40,42). The highest BCUT2D eigenvalue weighted by Crippen LogP contribution is 2.48. The molecule has 0 unspecified atom stereocenters. The summed E-state index contributed by atoms with van der Waals surface area (Å²) < 4.78 is 37.1. The number of para-hydroxylation sites is 2. The van der Waals surface area contributed by atoms with Crippen molar-refractivity contribution in [3.8, 4) is 23.0 Å². The Bertz CT molecular complexity index is 1920. The molecule has 1 saturated carbocycles. The van der Waals surface area contributed by atoms with Crippen molar-refractivity contribution in [1.29, 1.82) is 0 Å². The minimum Gasteiger partial charge on any atom is -0.460 e. The van der Waals surface area contributed by atoms with Crippen LogP contribution in [0.5, 0.6) is 23.0 Å². The maximum atomic E-state index is 15.2. The zero-order chi connectivity index (χ0) is 34.2. The van der Waals surface area contributed by atoms with Crippen molar-refractivity contribution in [3.63, 3.8) is 0 Å². The van der Waals surface area contributed by atoms with Gasteiger partial charge in [0.05, 0.1) is 5.69 Å². The number of ether oxygens (including phenoxy) is 4. The smallest absolute Gasteiger partial charge is 0.430 e. The average molecular weight is 662 g/mol. The molecule has 0 bridgehead atoms. The Morgan fingerprint density at radius 3 is 1.86 bits per heavy atom. The van der Waals surface area contributed by atoms with Gasteiger partial charge in [-0.15, -0.1) is 0 Å². The Morgan fingerprint density at radius 2 is 1.29 bits per heavy atom. The molecule has 0 radical (unpaired) electrons. The van der Waals surface area contributed by atoms with Crippen LogP contribution in [-0.4, -0.2) is 29.0 Å². The van der Waals surface area contributed by atoms with Gasteiger partial charge >= 0.3 is 18.2 Å². The first-order chi connectivity index (χ1) is 23.8. The molecule has 0 saturated heterocycles. The number of aromatic nitrogens is 1. The van der Waals surface area contributed by atoms with Crippen molar-refractivity contribution in [2.45, 2.75) is 19.4 Å². The summed E-state index contributed by atoms with van der Waals surface area (Å²) in [6.07, 6.45) is -0.344. The lowest BCUT2D eigenvalue weighted by atomic mass is 10.1. The van der Waals surface area contributed by atoms with Crippen LogP contribution in [0.3, 0.4) is 0 Å². The van der Waals surface area contributed by atoms with Gasteiger partial charge in [0.15, 0.2) is 5.82 Å². The first-order valence-electron chi connectivity index (χ1n) is 15.1. The number of pyridine rings is 1. The molecule has 1 heterocycles. The predicted molar refractivity (Wildman–Crippen MR) is 175 cm³/mol. The number of esters is 1. The van der Waals surface area contributed by atoms with E-state index in [4.69, 9.17) is 18.9 Å². The zero-order valence-corrected chi connectivity index (χ0v) is 25.8. The van der Waals surface area contributed by atoms with Gasteiger partial charge in [-0.05, 0) is 60.9 Å². The summed E-state index contributed by atoms with van der Waals surface area (Å²) in [5, 5.41) is 2.48. The lowest BCUT2D eigenvalue weighted by molar-refractivity contribution is -0.154. The van der Waals surface area contributed by atoms with Gasteiger partial charge in [-0.1, -0.05) is 66.7 Å². The Morgan fingerprint density at radius 1 is 0.714 bits per heavy atom. The van der Waals surface area contributed by atoms with E-state index in [1.165, 1.54) is 54.7 Å². The molecule has 1 N–H and O–H groups in total. The number of rotatable bonds is 10. The summed E-state index contributed by atoms with van der Waals surface area (Å²) >= 11 is 0. The van der Waals surface area contributed by atoms with Crippen LogP contribution in [0.15, 0.2) is 128 Å². The summed E-state index contributed by atoms with van der Waals surface area (Å²) in [6, 6.07) is 31.7. The molecule has 12 heteroatoms. The average Bonchev–Trinajstić information content (AvgIpc) is 3.93. The van der Waals surface area contributed by atoms with Crippen molar-refractivity contribution >= 4 is 35.6 Å². The summed E-state index contributed by atoms with van der Waals surface area (Å²) in [5.41, 5.74) is -0.755. The number of halogens is 1. The molecule has 6 rings (SSSR count). The molecule has 11 nitrogen and oxygen atoms in total. The van der Waals surface area contributed by atoms with Crippen LogP contribution in [0.25, 0.3) is 0 Å². The van der Waals surface area contributed by atoms with Gasteiger partial charge < -0.3 is 24.3 Å². The first-order valence-corrected chi connectivity index (χ1v) is 15.1. The Labute approximate surface area is 279 Å². The fourth-order valence-electron chi connectivity index (χ4n) is 4.67. The minimum absolute atomic E-state index is 0.0198. The van der Waals surface area contributed by atoms with Crippen molar-refractivity contribution in [3.05, 3.63) is 139 Å². The molecule has 1 fully saturated rings. The van der Waals surface area contributed by atoms with E-state index in [9.17, 15) is 19.2 Å². The van der Waals surface area contributed by atoms with Crippen LogP contribution in [-0.2, 0) is 20.9 Å². The number of imide groups is 1. The van der Waals surface area contributed by atoms with E-state index < -0.39 is 35.3 Å². The number of nitrogens with zero attached hydrogens (tertiary/aromatic N) is 2. The van der Waals surface area contributed by atoms with Crippen molar-refractivity contribution in [2.75, 3.05) is 10.2 Å². The van der Waals surface area contributed by atoms with Crippen LogP contribution in [0.4, 0.5) is 25.5 Å². The number of hydrogen-bond donors (Lipinski definition) is 1. The van der Waals surface area contributed by atoms with E-state index in [-0.39, 0.29) is 54.0 Å². The maximum absolute atomic E-state index is 15.2. The van der Waals surface area contributed by atoms with Crippen LogP contribution in [0.2, 0.25) is 0 Å². The van der Waals surface area contributed by atoms with Gasteiger partial charge in [-0.25, -0.2) is 19.0 Å². The number of anilines is 2. The van der Waals surface area contributed by atoms with Crippen LogP contribution in [0.1, 0.15) is 18.4 Å². The third-order valence-corrected chi connectivity index (χ3v) is 7.42. The highest BCUT2D eigenvalue weighted by Gasteiger charge is 2.58. The number of hydrogen-bond acceptors (Lipinski definition) is 9. The Hall–Kier alpha value is -6.56. The van der Waals surface area contributed by atoms with E-state index in [1.807, 2.05) is 18.2 Å². The second kappa shape index (κ2) is 14.5. The summed E-state index contributed by atoms with van der Waals surface area (Å²) in [5.74, 6) is -1.89. The Kier molecular flexibility index (Phi) is 9.56. The third kappa shape index (κ3) is 7.88. The summed E-state index contributed by atoms with van der Waals surface area (Å²) in [7, 11) is 0. The molecule has 0 aliphatic heterocycles. The fourth-order valence-corrected chi connectivity index (χ4v) is 4.67. The monoisotopic (exact) mass is 661 g/mol. The fraction of sp³-hybridized carbons (Fsp3) is 0.108. The molecular formula is C37H28FN3O8. The molecule has 0 atom stereocenters. The first kappa shape index (κ1) is 32.4. The van der Waals surface area contributed by atoms with E-state index >= 15 is 4.39 Å². The lowest BCUT2D eigenvalue weighted by Crippen LogP contribution is -2.41. The van der Waals surface area contributed by atoms with E-state index in [1.54, 1.807) is 48.5 Å². The van der Waals surface area contributed by atoms with Crippen molar-refractivity contribution in [1.82, 2.24) is 4.98 Å². The van der Waals surface area contributed by atoms with Gasteiger partial charge in [-0.3, -0.25) is 9.59 Å². The second-order valence-electron chi connectivity index (χ2n) is 10.9. The molecule has 4 aromatic carbocycles. The Balaban J connectivity index is 1.14. The number of carbonyl (C=O) groups excluding carboxylic acids is 4. The highest BCUT2D eigenvalue weighted by atomic mass is 19.1. The molecule has 1 aliphatic rings. The second-order valence-corrected chi connectivity index (χ2v) is 10.9. The van der Waals surface area contributed by atoms with Gasteiger partial charge in [-0.2, -0.15) is 4.90 Å². The third-order valence-electron chi connectivity index (χ3n) is 7.42. The largest absolute Gasteiger partial charge is 0.460 e. The molecule has 1 aromatic heterocycles. The predicted octanol–water partition coefficient (Wildman–Crippen LogP) is 7.68.